The Morgan fingerprint density at radius 2 is 1.73 bits per heavy atom. The summed E-state index contributed by atoms with van der Waals surface area (Å²) in [7, 11) is -2.66. The second-order valence-electron chi connectivity index (χ2n) is 5.43. The summed E-state index contributed by atoms with van der Waals surface area (Å²) in [6.45, 7) is 4.22. The van der Waals surface area contributed by atoms with E-state index in [1.165, 1.54) is 13.2 Å². The van der Waals surface area contributed by atoms with Crippen LogP contribution in [0.15, 0.2) is 24.3 Å². The SMILES string of the molecule is CCOP(=O)(OCC)[C@@](C)(CCC(=O)Oc1ccccc1OC)[N+](=O)[O-]. The zero-order valence-corrected chi connectivity index (χ0v) is 16.2. The molecule has 1 aromatic carbocycles. The number of ether oxygens (including phenoxy) is 2. The first-order chi connectivity index (χ1) is 12.2. The first-order valence-electron chi connectivity index (χ1n) is 8.11. The highest BCUT2D eigenvalue weighted by Gasteiger charge is 2.58. The first kappa shape index (κ1) is 22.1. The van der Waals surface area contributed by atoms with Crippen molar-refractivity contribution in [1.82, 2.24) is 0 Å². The number of para-hydroxylation sites is 2. The van der Waals surface area contributed by atoms with Crippen LogP contribution in [0, 0.1) is 10.1 Å². The lowest BCUT2D eigenvalue weighted by atomic mass is 10.2. The Hall–Kier alpha value is -1.96. The molecule has 10 heteroatoms. The fraction of sp³-hybridized carbons (Fsp3) is 0.562. The van der Waals surface area contributed by atoms with Crippen molar-refractivity contribution in [2.75, 3.05) is 20.3 Å². The van der Waals surface area contributed by atoms with Gasteiger partial charge in [0.1, 0.15) is 0 Å². The number of nitrogens with zero attached hydrogens (tertiary/aromatic N) is 1. The number of esters is 1. The quantitative estimate of drug-likeness (QED) is 0.185. The summed E-state index contributed by atoms with van der Waals surface area (Å²) >= 11 is 0. The Morgan fingerprint density at radius 3 is 2.19 bits per heavy atom. The second-order valence-corrected chi connectivity index (χ2v) is 7.91. The van der Waals surface area contributed by atoms with Gasteiger partial charge in [0.25, 0.3) is 0 Å². The van der Waals surface area contributed by atoms with Crippen molar-refractivity contribution in [2.24, 2.45) is 0 Å². The molecule has 1 atom stereocenters. The predicted molar refractivity (Wildman–Crippen MR) is 94.1 cm³/mol. The van der Waals surface area contributed by atoms with Gasteiger partial charge in [-0.2, -0.15) is 0 Å². The van der Waals surface area contributed by atoms with Crippen LogP contribution < -0.4 is 9.47 Å². The maximum atomic E-state index is 12.9. The normalized spacial score (nSPS) is 13.7. The Balaban J connectivity index is 2.92. The Kier molecular flexibility index (Phi) is 8.20. The monoisotopic (exact) mass is 389 g/mol. The van der Waals surface area contributed by atoms with Gasteiger partial charge in [-0.15, -0.1) is 0 Å². The molecule has 0 radical (unpaired) electrons. The summed E-state index contributed by atoms with van der Waals surface area (Å²) in [5.41, 5.74) is 0. The van der Waals surface area contributed by atoms with Crippen molar-refractivity contribution < 1.29 is 32.8 Å². The molecule has 1 aromatic rings. The van der Waals surface area contributed by atoms with E-state index in [0.717, 1.165) is 6.92 Å². The van der Waals surface area contributed by atoms with Crippen LogP contribution in [0.5, 0.6) is 11.5 Å². The second kappa shape index (κ2) is 9.66. The summed E-state index contributed by atoms with van der Waals surface area (Å²) < 4.78 is 33.4. The third-order valence-electron chi connectivity index (χ3n) is 3.68. The number of benzene rings is 1. The maximum Gasteiger partial charge on any atom is 0.406 e. The molecule has 0 unspecified atom stereocenters. The fourth-order valence-electron chi connectivity index (χ4n) is 2.20. The van der Waals surface area contributed by atoms with Gasteiger partial charge in [-0.3, -0.25) is 19.5 Å². The molecule has 0 N–H and O–H groups in total. The maximum absolute atomic E-state index is 12.9. The minimum atomic E-state index is -4.08. The first-order valence-corrected chi connectivity index (χ1v) is 9.65. The van der Waals surface area contributed by atoms with E-state index >= 15 is 0 Å². The summed E-state index contributed by atoms with van der Waals surface area (Å²) in [5, 5.41) is 9.52. The molecule has 26 heavy (non-hydrogen) atoms. The number of carbonyl (C=O) groups is 1. The van der Waals surface area contributed by atoms with Crippen molar-refractivity contribution in [3.05, 3.63) is 34.4 Å². The van der Waals surface area contributed by atoms with Gasteiger partial charge in [-0.25, -0.2) is 0 Å². The fourth-order valence-corrected chi connectivity index (χ4v) is 4.10. The van der Waals surface area contributed by atoms with Crippen LogP contribution in [0.2, 0.25) is 0 Å². The third-order valence-corrected chi connectivity index (χ3v) is 6.44. The van der Waals surface area contributed by atoms with E-state index in [-0.39, 0.29) is 31.8 Å². The molecule has 0 aromatic heterocycles. The van der Waals surface area contributed by atoms with Crippen LogP contribution in [-0.2, 0) is 18.4 Å². The van der Waals surface area contributed by atoms with Crippen LogP contribution in [0.4, 0.5) is 0 Å². The van der Waals surface area contributed by atoms with E-state index in [0.29, 0.717) is 5.75 Å². The number of hydrogen-bond donors (Lipinski definition) is 0. The standard InChI is InChI=1S/C16H24NO8P/c1-5-23-26(21,24-6-2)16(3,17(19)20)12-11-15(18)25-14-10-8-7-9-13(14)22-4/h7-10H,5-6,11-12H2,1-4H3/t16-/m0/s1. The predicted octanol–water partition coefficient (Wildman–Crippen LogP) is 3.64. The molecule has 0 bridgehead atoms. The van der Waals surface area contributed by atoms with Crippen molar-refractivity contribution in [3.63, 3.8) is 0 Å². The molecule has 9 nitrogen and oxygen atoms in total. The van der Waals surface area contributed by atoms with Gasteiger partial charge in [0.2, 0.25) is 0 Å². The van der Waals surface area contributed by atoms with Gasteiger partial charge in [-0.05, 0) is 26.0 Å². The molecule has 0 spiro atoms. The molecule has 1 rings (SSSR count). The average molecular weight is 389 g/mol. The lowest BCUT2D eigenvalue weighted by Gasteiger charge is -2.28. The van der Waals surface area contributed by atoms with Crippen LogP contribution >= 0.6 is 7.60 Å². The Morgan fingerprint density at radius 1 is 1.19 bits per heavy atom. The molecule has 0 fully saturated rings. The van der Waals surface area contributed by atoms with E-state index in [9.17, 15) is 19.5 Å². The van der Waals surface area contributed by atoms with Crippen LogP contribution in [0.25, 0.3) is 0 Å². The summed E-state index contributed by atoms with van der Waals surface area (Å²) in [6.07, 6.45) is -0.717. The Labute approximate surface area is 152 Å². The van der Waals surface area contributed by atoms with E-state index in [2.05, 4.69) is 0 Å². The number of nitro groups is 1. The molecular formula is C16H24NO8P. The highest BCUT2D eigenvalue weighted by Crippen LogP contribution is 2.61. The Bertz CT molecular complexity index is 670. The highest BCUT2D eigenvalue weighted by atomic mass is 31.2. The van der Waals surface area contributed by atoms with Crippen molar-refractivity contribution in [3.8, 4) is 11.5 Å². The van der Waals surface area contributed by atoms with E-state index < -0.39 is 23.8 Å². The van der Waals surface area contributed by atoms with Crippen LogP contribution in [-0.4, -0.2) is 36.5 Å². The summed E-state index contributed by atoms with van der Waals surface area (Å²) in [5.74, 6) is -0.171. The third kappa shape index (κ3) is 5.03. The van der Waals surface area contributed by atoms with Gasteiger partial charge in [-0.1, -0.05) is 12.1 Å². The van der Waals surface area contributed by atoms with Crippen LogP contribution in [0.3, 0.4) is 0 Å². The topological polar surface area (TPSA) is 114 Å². The molecule has 0 saturated heterocycles. The van der Waals surface area contributed by atoms with Gasteiger partial charge >= 0.3 is 18.8 Å². The van der Waals surface area contributed by atoms with E-state index in [4.69, 9.17) is 18.5 Å². The largest absolute Gasteiger partial charge is 0.493 e. The zero-order valence-electron chi connectivity index (χ0n) is 15.3. The number of hydrogen-bond acceptors (Lipinski definition) is 8. The molecular weight excluding hydrogens is 365 g/mol. The summed E-state index contributed by atoms with van der Waals surface area (Å²) in [6, 6.07) is 6.52. The van der Waals surface area contributed by atoms with Gasteiger partial charge in [0.15, 0.2) is 11.5 Å². The summed E-state index contributed by atoms with van der Waals surface area (Å²) in [4.78, 5) is 23.0. The molecule has 0 amide bonds. The van der Waals surface area contributed by atoms with E-state index in [1.807, 2.05) is 0 Å². The minimum absolute atomic E-state index is 0.0215. The lowest BCUT2D eigenvalue weighted by molar-refractivity contribution is -0.541. The smallest absolute Gasteiger partial charge is 0.406 e. The van der Waals surface area contributed by atoms with Crippen molar-refractivity contribution >= 4 is 13.6 Å². The molecule has 0 saturated carbocycles. The number of methoxy groups -OCH3 is 1. The number of carbonyl (C=O) groups excluding carboxylic acids is 1. The van der Waals surface area contributed by atoms with E-state index in [1.54, 1.807) is 32.0 Å². The van der Waals surface area contributed by atoms with Crippen molar-refractivity contribution in [2.45, 2.75) is 38.9 Å². The number of rotatable bonds is 11. The van der Waals surface area contributed by atoms with Gasteiger partial charge in [0.05, 0.1) is 26.7 Å². The highest BCUT2D eigenvalue weighted by molar-refractivity contribution is 7.55. The molecule has 146 valence electrons. The lowest BCUT2D eigenvalue weighted by Crippen LogP contribution is -2.37. The average Bonchev–Trinajstić information content (AvgIpc) is 2.60. The molecule has 0 aliphatic rings. The zero-order chi connectivity index (χ0) is 19.8. The van der Waals surface area contributed by atoms with Gasteiger partial charge < -0.3 is 18.5 Å². The molecule has 0 aliphatic carbocycles. The molecule has 0 aliphatic heterocycles. The van der Waals surface area contributed by atoms with Crippen LogP contribution in [0.1, 0.15) is 33.6 Å². The molecule has 0 heterocycles. The minimum Gasteiger partial charge on any atom is -0.493 e. The van der Waals surface area contributed by atoms with Crippen molar-refractivity contribution in [1.29, 1.82) is 0 Å². The van der Waals surface area contributed by atoms with Gasteiger partial charge in [0, 0.05) is 18.3 Å².